The van der Waals surface area contributed by atoms with Crippen LogP contribution in [0.5, 0.6) is 0 Å². The maximum absolute atomic E-state index is 11.6. The van der Waals surface area contributed by atoms with Gasteiger partial charge in [-0.3, -0.25) is 4.72 Å². The highest BCUT2D eigenvalue weighted by Gasteiger charge is 2.12. The van der Waals surface area contributed by atoms with E-state index in [1.165, 1.54) is 18.2 Å². The minimum atomic E-state index is -3.43. The first-order valence-corrected chi connectivity index (χ1v) is 7.45. The van der Waals surface area contributed by atoms with Crippen LogP contribution in [0.25, 0.3) is 0 Å². The van der Waals surface area contributed by atoms with E-state index in [0.717, 1.165) is 0 Å². The lowest BCUT2D eigenvalue weighted by Crippen LogP contribution is -2.17. The average Bonchev–Trinajstić information content (AvgIpc) is 2.29. The number of carboxylic acids is 1. The summed E-state index contributed by atoms with van der Waals surface area (Å²) in [6.45, 7) is 1.64. The molecule has 5 nitrogen and oxygen atoms in total. The second kappa shape index (κ2) is 6.06. The number of anilines is 1. The molecule has 0 atom stereocenters. The van der Waals surface area contributed by atoms with Crippen molar-refractivity contribution in [3.63, 3.8) is 0 Å². The van der Waals surface area contributed by atoms with Crippen molar-refractivity contribution in [2.24, 2.45) is 0 Å². The van der Waals surface area contributed by atoms with Gasteiger partial charge in [0.05, 0.1) is 17.0 Å². The molecule has 0 bridgehead atoms. The highest BCUT2D eigenvalue weighted by molar-refractivity contribution is 7.92. The van der Waals surface area contributed by atoms with Crippen LogP contribution in [-0.4, -0.2) is 31.1 Å². The molecule has 0 fully saturated rings. The summed E-state index contributed by atoms with van der Waals surface area (Å²) in [5.74, 6) is -0.830. The number of rotatable bonds is 6. The Kier molecular flexibility index (Phi) is 4.98. The van der Waals surface area contributed by atoms with Crippen LogP contribution in [0.3, 0.4) is 0 Å². The fourth-order valence-corrected chi connectivity index (χ4v) is 2.86. The predicted octanol–water partition coefficient (Wildman–Crippen LogP) is 2.06. The first kappa shape index (κ1) is 14.8. The summed E-state index contributed by atoms with van der Waals surface area (Å²) >= 11 is 5.44. The van der Waals surface area contributed by atoms with Gasteiger partial charge in [0.25, 0.3) is 0 Å². The zero-order chi connectivity index (χ0) is 13.8. The topological polar surface area (TPSA) is 83.5 Å². The molecule has 2 N–H and O–H groups in total. The number of carbonyl (C=O) groups is 1. The number of halogens is 1. The van der Waals surface area contributed by atoms with Crippen molar-refractivity contribution in [2.75, 3.05) is 16.4 Å². The van der Waals surface area contributed by atoms with Crippen LogP contribution < -0.4 is 4.72 Å². The number of hydrogen-bond acceptors (Lipinski definition) is 3. The molecule has 1 rings (SSSR count). The molecule has 0 aliphatic heterocycles. The second-order valence-corrected chi connectivity index (χ2v) is 6.02. The van der Waals surface area contributed by atoms with Gasteiger partial charge < -0.3 is 5.11 Å². The van der Waals surface area contributed by atoms with Crippen LogP contribution >= 0.6 is 11.6 Å². The Bertz CT molecular complexity index is 542. The van der Waals surface area contributed by atoms with Crippen molar-refractivity contribution < 1.29 is 18.3 Å². The molecule has 0 unspecified atom stereocenters. The molecule has 0 spiro atoms. The molecular weight excluding hydrogens is 278 g/mol. The van der Waals surface area contributed by atoms with Gasteiger partial charge >= 0.3 is 5.97 Å². The van der Waals surface area contributed by atoms with Gasteiger partial charge in [0, 0.05) is 5.88 Å². The fraction of sp³-hybridized carbons (Fsp3) is 0.364. The van der Waals surface area contributed by atoms with E-state index >= 15 is 0 Å². The third-order valence-corrected chi connectivity index (χ3v) is 3.91. The van der Waals surface area contributed by atoms with Crippen molar-refractivity contribution in [3.8, 4) is 0 Å². The number of nitrogens with one attached hydrogen (secondary N) is 1. The Labute approximate surface area is 111 Å². The molecule has 18 heavy (non-hydrogen) atoms. The minimum Gasteiger partial charge on any atom is -0.478 e. The lowest BCUT2D eigenvalue weighted by atomic mass is 10.1. The summed E-state index contributed by atoms with van der Waals surface area (Å²) in [6.07, 6.45) is 0.364. The number of aryl methyl sites for hydroxylation is 1. The van der Waals surface area contributed by atoms with E-state index < -0.39 is 16.0 Å². The number of benzene rings is 1. The van der Waals surface area contributed by atoms with E-state index in [1.807, 2.05) is 0 Å². The van der Waals surface area contributed by atoms with E-state index in [-0.39, 0.29) is 17.2 Å². The molecule has 0 saturated heterocycles. The van der Waals surface area contributed by atoms with Gasteiger partial charge in [0.1, 0.15) is 0 Å². The average molecular weight is 292 g/mol. The molecule has 0 aliphatic rings. The summed E-state index contributed by atoms with van der Waals surface area (Å²) in [7, 11) is -3.43. The third kappa shape index (κ3) is 4.19. The first-order chi connectivity index (χ1) is 8.35. The lowest BCUT2D eigenvalue weighted by molar-refractivity contribution is 0.0697. The monoisotopic (exact) mass is 291 g/mol. The van der Waals surface area contributed by atoms with Gasteiger partial charge in [-0.15, -0.1) is 11.6 Å². The Morgan fingerprint density at radius 3 is 2.61 bits per heavy atom. The highest BCUT2D eigenvalue weighted by Crippen LogP contribution is 2.18. The molecule has 0 aromatic heterocycles. The van der Waals surface area contributed by atoms with Gasteiger partial charge in [-0.05, 0) is 37.1 Å². The van der Waals surface area contributed by atoms with E-state index in [0.29, 0.717) is 17.7 Å². The Hall–Kier alpha value is -1.27. The van der Waals surface area contributed by atoms with Gasteiger partial charge in [0.2, 0.25) is 10.0 Å². The van der Waals surface area contributed by atoms with Gasteiger partial charge in [0.15, 0.2) is 0 Å². The normalized spacial score (nSPS) is 11.2. The Morgan fingerprint density at radius 2 is 2.11 bits per heavy atom. The van der Waals surface area contributed by atoms with Crippen LogP contribution in [0.2, 0.25) is 0 Å². The molecule has 1 aromatic carbocycles. The van der Waals surface area contributed by atoms with Crippen molar-refractivity contribution in [1.29, 1.82) is 0 Å². The van der Waals surface area contributed by atoms with Crippen molar-refractivity contribution >= 4 is 33.3 Å². The summed E-state index contributed by atoms with van der Waals surface area (Å²) in [6, 6.07) is 4.22. The molecule has 100 valence electrons. The standard InChI is InChI=1S/C11H14ClNO4S/c1-8-7-9(11(14)15)3-4-10(8)13-18(16,17)6-2-5-12/h3-4,7,13H,2,5-6H2,1H3,(H,14,15). The molecule has 0 heterocycles. The molecule has 0 amide bonds. The summed E-state index contributed by atoms with van der Waals surface area (Å²) < 4.78 is 25.7. The van der Waals surface area contributed by atoms with E-state index in [4.69, 9.17) is 16.7 Å². The molecule has 0 radical (unpaired) electrons. The van der Waals surface area contributed by atoms with Crippen molar-refractivity contribution in [3.05, 3.63) is 29.3 Å². The maximum atomic E-state index is 11.6. The molecule has 1 aromatic rings. The summed E-state index contributed by atoms with van der Waals surface area (Å²) in [5, 5.41) is 8.80. The highest BCUT2D eigenvalue weighted by atomic mass is 35.5. The smallest absolute Gasteiger partial charge is 0.335 e. The second-order valence-electron chi connectivity index (χ2n) is 3.80. The zero-order valence-corrected chi connectivity index (χ0v) is 11.4. The number of alkyl halides is 1. The van der Waals surface area contributed by atoms with Gasteiger partial charge in [-0.1, -0.05) is 0 Å². The zero-order valence-electron chi connectivity index (χ0n) is 9.81. The summed E-state index contributed by atoms with van der Waals surface area (Å²) in [4.78, 5) is 10.7. The number of carboxylic acid groups (broad SMARTS) is 1. The van der Waals surface area contributed by atoms with Crippen molar-refractivity contribution in [2.45, 2.75) is 13.3 Å². The summed E-state index contributed by atoms with van der Waals surface area (Å²) in [5.41, 5.74) is 1.06. The van der Waals surface area contributed by atoms with Gasteiger partial charge in [-0.25, -0.2) is 13.2 Å². The Balaban J connectivity index is 2.89. The van der Waals surface area contributed by atoms with E-state index in [2.05, 4.69) is 4.72 Å². The predicted molar refractivity (Wildman–Crippen MR) is 70.9 cm³/mol. The van der Waals surface area contributed by atoms with Crippen LogP contribution in [0.15, 0.2) is 18.2 Å². The third-order valence-electron chi connectivity index (χ3n) is 2.29. The van der Waals surface area contributed by atoms with Crippen LogP contribution in [-0.2, 0) is 10.0 Å². The fourth-order valence-electron chi connectivity index (χ4n) is 1.37. The minimum absolute atomic E-state index is 0.0589. The molecular formula is C11H14ClNO4S. The quantitative estimate of drug-likeness (QED) is 0.786. The first-order valence-electron chi connectivity index (χ1n) is 5.26. The van der Waals surface area contributed by atoms with Crippen molar-refractivity contribution in [1.82, 2.24) is 0 Å². The number of hydrogen-bond donors (Lipinski definition) is 2. The van der Waals surface area contributed by atoms with E-state index in [1.54, 1.807) is 6.92 Å². The van der Waals surface area contributed by atoms with Gasteiger partial charge in [-0.2, -0.15) is 0 Å². The van der Waals surface area contributed by atoms with Crippen LogP contribution in [0.4, 0.5) is 5.69 Å². The molecule has 7 heteroatoms. The number of aromatic carboxylic acids is 1. The van der Waals surface area contributed by atoms with Crippen LogP contribution in [0, 0.1) is 6.92 Å². The molecule has 0 saturated carbocycles. The molecule has 0 aliphatic carbocycles. The largest absolute Gasteiger partial charge is 0.478 e. The maximum Gasteiger partial charge on any atom is 0.335 e. The SMILES string of the molecule is Cc1cc(C(=O)O)ccc1NS(=O)(=O)CCCCl. The van der Waals surface area contributed by atoms with Crippen LogP contribution in [0.1, 0.15) is 22.3 Å². The Morgan fingerprint density at radius 1 is 1.44 bits per heavy atom. The number of sulfonamides is 1. The van der Waals surface area contributed by atoms with E-state index in [9.17, 15) is 13.2 Å². The lowest BCUT2D eigenvalue weighted by Gasteiger charge is -2.10.